The Morgan fingerprint density at radius 3 is 2.63 bits per heavy atom. The number of aromatic nitrogens is 3. The van der Waals surface area contributed by atoms with Crippen LogP contribution in [0, 0.1) is 0 Å². The molecule has 0 radical (unpaired) electrons. The first-order valence-electron chi connectivity index (χ1n) is 4.56. The van der Waals surface area contributed by atoms with Crippen molar-refractivity contribution in [3.05, 3.63) is 40.1 Å². The SMILES string of the molecule is Cl.Cl.Nn1cnnc1NN=Cc1ccc(Cl)cc1Cl. The van der Waals surface area contributed by atoms with Crippen LogP contribution in [0.25, 0.3) is 0 Å². The average Bonchev–Trinajstić information content (AvgIpc) is 2.68. The molecule has 0 amide bonds. The average molecular weight is 344 g/mol. The van der Waals surface area contributed by atoms with Gasteiger partial charge < -0.3 is 5.84 Å². The molecule has 0 aliphatic heterocycles. The minimum atomic E-state index is 0. The summed E-state index contributed by atoms with van der Waals surface area (Å²) in [6, 6.07) is 5.11. The zero-order valence-electron chi connectivity index (χ0n) is 9.33. The number of hydrazone groups is 1. The van der Waals surface area contributed by atoms with E-state index in [2.05, 4.69) is 20.7 Å². The van der Waals surface area contributed by atoms with E-state index >= 15 is 0 Å². The molecule has 0 aliphatic carbocycles. The molecule has 0 spiro atoms. The zero-order valence-corrected chi connectivity index (χ0v) is 12.5. The molecule has 0 unspecified atom stereocenters. The van der Waals surface area contributed by atoms with Crippen LogP contribution in [-0.2, 0) is 0 Å². The standard InChI is InChI=1S/C9H8Cl2N6.2ClH/c10-7-2-1-6(8(11)3-7)4-13-15-9-16-14-5-17(9)12;;/h1-5H,12H2,(H,15,16);2*1H. The van der Waals surface area contributed by atoms with Gasteiger partial charge in [0.05, 0.1) is 11.2 Å². The molecule has 0 fully saturated rings. The van der Waals surface area contributed by atoms with Crippen molar-refractivity contribution in [2.45, 2.75) is 0 Å². The van der Waals surface area contributed by atoms with Crippen LogP contribution in [0.1, 0.15) is 5.56 Å². The smallest absolute Gasteiger partial charge is 0.263 e. The van der Waals surface area contributed by atoms with Gasteiger partial charge >= 0.3 is 0 Å². The fourth-order valence-corrected chi connectivity index (χ4v) is 1.55. The van der Waals surface area contributed by atoms with Crippen LogP contribution in [0.15, 0.2) is 29.6 Å². The van der Waals surface area contributed by atoms with Gasteiger partial charge in [0.25, 0.3) is 5.95 Å². The van der Waals surface area contributed by atoms with Crippen LogP contribution in [0.5, 0.6) is 0 Å². The molecule has 0 aliphatic rings. The van der Waals surface area contributed by atoms with Gasteiger partial charge in [-0.1, -0.05) is 29.3 Å². The predicted octanol–water partition coefficient (Wildman–Crippen LogP) is 2.59. The molecule has 104 valence electrons. The van der Waals surface area contributed by atoms with Gasteiger partial charge in [-0.2, -0.15) is 5.10 Å². The van der Waals surface area contributed by atoms with Gasteiger partial charge in [0.2, 0.25) is 0 Å². The van der Waals surface area contributed by atoms with Crippen LogP contribution in [0.3, 0.4) is 0 Å². The number of anilines is 1. The maximum atomic E-state index is 5.96. The molecular weight excluding hydrogens is 334 g/mol. The summed E-state index contributed by atoms with van der Waals surface area (Å²) in [5.74, 6) is 5.81. The lowest BCUT2D eigenvalue weighted by atomic mass is 10.2. The van der Waals surface area contributed by atoms with Crippen LogP contribution < -0.4 is 11.3 Å². The molecule has 6 nitrogen and oxygen atoms in total. The van der Waals surface area contributed by atoms with E-state index in [9.17, 15) is 0 Å². The Kier molecular flexibility index (Phi) is 7.55. The van der Waals surface area contributed by atoms with Crippen molar-refractivity contribution in [2.24, 2.45) is 5.10 Å². The second-order valence-corrected chi connectivity index (χ2v) is 3.94. The topological polar surface area (TPSA) is 81.1 Å². The lowest BCUT2D eigenvalue weighted by Crippen LogP contribution is -2.10. The molecule has 0 bridgehead atoms. The first-order valence-corrected chi connectivity index (χ1v) is 5.31. The summed E-state index contributed by atoms with van der Waals surface area (Å²) < 4.78 is 1.21. The van der Waals surface area contributed by atoms with E-state index in [1.165, 1.54) is 17.2 Å². The van der Waals surface area contributed by atoms with Gasteiger partial charge in [-0.05, 0) is 12.1 Å². The number of benzene rings is 1. The summed E-state index contributed by atoms with van der Waals surface area (Å²) in [5, 5.41) is 12.3. The number of nitrogens with zero attached hydrogens (tertiary/aromatic N) is 4. The van der Waals surface area contributed by atoms with Crippen molar-refractivity contribution in [3.63, 3.8) is 0 Å². The Balaban J connectivity index is 0.00000162. The first-order chi connectivity index (χ1) is 8.16. The molecular formula is C9H10Cl4N6. The maximum absolute atomic E-state index is 5.96. The molecule has 19 heavy (non-hydrogen) atoms. The van der Waals surface area contributed by atoms with Crippen molar-refractivity contribution < 1.29 is 0 Å². The Hall–Kier alpha value is -1.21. The van der Waals surface area contributed by atoms with E-state index in [0.29, 0.717) is 16.0 Å². The molecule has 0 saturated heterocycles. The number of nitrogen functional groups attached to an aromatic ring is 1. The van der Waals surface area contributed by atoms with Gasteiger partial charge in [-0.25, -0.2) is 10.1 Å². The summed E-state index contributed by atoms with van der Waals surface area (Å²) in [7, 11) is 0. The third-order valence-corrected chi connectivity index (χ3v) is 2.47. The van der Waals surface area contributed by atoms with E-state index in [4.69, 9.17) is 29.0 Å². The Morgan fingerprint density at radius 1 is 1.32 bits per heavy atom. The normalized spacial score (nSPS) is 9.79. The van der Waals surface area contributed by atoms with E-state index < -0.39 is 0 Å². The van der Waals surface area contributed by atoms with Gasteiger partial charge in [0.15, 0.2) is 0 Å². The molecule has 10 heteroatoms. The van der Waals surface area contributed by atoms with Gasteiger partial charge in [-0.15, -0.1) is 35.0 Å². The molecule has 1 aromatic carbocycles. The van der Waals surface area contributed by atoms with Crippen LogP contribution in [0.4, 0.5) is 5.95 Å². The van der Waals surface area contributed by atoms with Crippen LogP contribution >= 0.6 is 48.0 Å². The minimum Gasteiger partial charge on any atom is -0.335 e. The zero-order chi connectivity index (χ0) is 12.3. The summed E-state index contributed by atoms with van der Waals surface area (Å²) in [6.45, 7) is 0. The number of rotatable bonds is 3. The Morgan fingerprint density at radius 2 is 2.05 bits per heavy atom. The van der Waals surface area contributed by atoms with E-state index in [1.807, 2.05) is 0 Å². The molecule has 2 rings (SSSR count). The minimum absolute atomic E-state index is 0. The monoisotopic (exact) mass is 342 g/mol. The number of nitrogens with two attached hydrogens (primary N) is 1. The highest BCUT2D eigenvalue weighted by Gasteiger charge is 1.99. The number of nitrogens with one attached hydrogen (secondary N) is 1. The van der Waals surface area contributed by atoms with Crippen LogP contribution in [-0.4, -0.2) is 21.1 Å². The molecule has 1 aromatic heterocycles. The fourth-order valence-electron chi connectivity index (χ4n) is 1.09. The van der Waals surface area contributed by atoms with Gasteiger partial charge in [-0.3, -0.25) is 0 Å². The first kappa shape index (κ1) is 17.8. The summed E-state index contributed by atoms with van der Waals surface area (Å²) in [5.41, 5.74) is 3.35. The molecule has 3 N–H and O–H groups in total. The third kappa shape index (κ3) is 4.76. The highest BCUT2D eigenvalue weighted by molar-refractivity contribution is 6.36. The van der Waals surface area contributed by atoms with E-state index in [-0.39, 0.29) is 24.8 Å². The van der Waals surface area contributed by atoms with Gasteiger partial charge in [0, 0.05) is 10.6 Å². The highest BCUT2D eigenvalue weighted by atomic mass is 35.5. The van der Waals surface area contributed by atoms with E-state index in [1.54, 1.807) is 18.2 Å². The number of halogens is 4. The maximum Gasteiger partial charge on any atom is 0.263 e. The Labute approximate surface area is 131 Å². The quantitative estimate of drug-likeness (QED) is 0.510. The van der Waals surface area contributed by atoms with Crippen LogP contribution in [0.2, 0.25) is 10.0 Å². The van der Waals surface area contributed by atoms with Crippen molar-refractivity contribution >= 4 is 60.2 Å². The molecule has 0 saturated carbocycles. The number of hydrogen-bond donors (Lipinski definition) is 2. The fraction of sp³-hybridized carbons (Fsp3) is 0. The Bertz CT molecular complexity index is 555. The summed E-state index contributed by atoms with van der Waals surface area (Å²) in [4.78, 5) is 0. The predicted molar refractivity (Wildman–Crippen MR) is 82.3 cm³/mol. The largest absolute Gasteiger partial charge is 0.335 e. The lowest BCUT2D eigenvalue weighted by Gasteiger charge is -1.99. The van der Waals surface area contributed by atoms with Crippen molar-refractivity contribution in [2.75, 3.05) is 11.3 Å². The summed E-state index contributed by atoms with van der Waals surface area (Å²) >= 11 is 11.7. The number of hydrogen-bond acceptors (Lipinski definition) is 5. The summed E-state index contributed by atoms with van der Waals surface area (Å²) in [6.07, 6.45) is 2.89. The van der Waals surface area contributed by atoms with Crippen molar-refractivity contribution in [3.8, 4) is 0 Å². The van der Waals surface area contributed by atoms with Crippen molar-refractivity contribution in [1.82, 2.24) is 14.9 Å². The molecule has 2 aromatic rings. The highest BCUT2D eigenvalue weighted by Crippen LogP contribution is 2.19. The van der Waals surface area contributed by atoms with Gasteiger partial charge in [0.1, 0.15) is 6.33 Å². The second-order valence-electron chi connectivity index (χ2n) is 3.10. The lowest BCUT2D eigenvalue weighted by molar-refractivity contribution is 0.988. The third-order valence-electron chi connectivity index (χ3n) is 1.90. The van der Waals surface area contributed by atoms with Crippen molar-refractivity contribution in [1.29, 1.82) is 0 Å². The second kappa shape index (κ2) is 8.06. The van der Waals surface area contributed by atoms with E-state index in [0.717, 1.165) is 5.56 Å². The molecule has 1 heterocycles. The molecule has 0 atom stereocenters.